The lowest BCUT2D eigenvalue weighted by Gasteiger charge is -1.96. The van der Waals surface area contributed by atoms with Gasteiger partial charge in [0.1, 0.15) is 5.69 Å². The molecule has 0 atom stereocenters. The SMILES string of the molecule is Nc1cccc(-c2cc(-c3ccccc3)on2)c1. The second-order valence-electron chi connectivity index (χ2n) is 4.07. The maximum Gasteiger partial charge on any atom is 0.167 e. The summed E-state index contributed by atoms with van der Waals surface area (Å²) in [7, 11) is 0. The van der Waals surface area contributed by atoms with Gasteiger partial charge in [-0.15, -0.1) is 0 Å². The molecule has 0 aliphatic carbocycles. The molecule has 0 saturated heterocycles. The number of benzene rings is 2. The number of hydrogen-bond acceptors (Lipinski definition) is 3. The van der Waals surface area contributed by atoms with E-state index in [1.165, 1.54) is 0 Å². The number of nitrogen functional groups attached to an aromatic ring is 1. The van der Waals surface area contributed by atoms with Gasteiger partial charge in [-0.25, -0.2) is 0 Å². The van der Waals surface area contributed by atoms with Gasteiger partial charge in [0, 0.05) is 22.9 Å². The van der Waals surface area contributed by atoms with Crippen molar-refractivity contribution < 1.29 is 4.52 Å². The second-order valence-corrected chi connectivity index (χ2v) is 4.07. The van der Waals surface area contributed by atoms with Gasteiger partial charge in [0.25, 0.3) is 0 Å². The Kier molecular flexibility index (Phi) is 2.57. The number of nitrogens with zero attached hydrogens (tertiary/aromatic N) is 1. The van der Waals surface area contributed by atoms with Gasteiger partial charge in [0.05, 0.1) is 0 Å². The average Bonchev–Trinajstić information content (AvgIpc) is 2.89. The number of rotatable bonds is 2. The van der Waals surface area contributed by atoms with Gasteiger partial charge in [0.15, 0.2) is 5.76 Å². The lowest BCUT2D eigenvalue weighted by Crippen LogP contribution is -1.84. The van der Waals surface area contributed by atoms with Crippen LogP contribution in [0.1, 0.15) is 0 Å². The molecular weight excluding hydrogens is 224 g/mol. The van der Waals surface area contributed by atoms with Gasteiger partial charge < -0.3 is 10.3 Å². The van der Waals surface area contributed by atoms with Crippen molar-refractivity contribution in [1.29, 1.82) is 0 Å². The molecule has 0 bridgehead atoms. The molecule has 1 heterocycles. The first-order valence-electron chi connectivity index (χ1n) is 5.71. The highest BCUT2D eigenvalue weighted by Crippen LogP contribution is 2.26. The lowest BCUT2D eigenvalue weighted by molar-refractivity contribution is 0.435. The van der Waals surface area contributed by atoms with E-state index in [2.05, 4.69) is 5.16 Å². The first kappa shape index (κ1) is 10.6. The average molecular weight is 236 g/mol. The second kappa shape index (κ2) is 4.37. The van der Waals surface area contributed by atoms with E-state index in [4.69, 9.17) is 10.3 Å². The van der Waals surface area contributed by atoms with Crippen LogP contribution in [0.5, 0.6) is 0 Å². The van der Waals surface area contributed by atoms with Crippen molar-refractivity contribution >= 4 is 5.69 Å². The topological polar surface area (TPSA) is 52.0 Å². The Morgan fingerprint density at radius 1 is 0.833 bits per heavy atom. The van der Waals surface area contributed by atoms with Crippen LogP contribution in [0, 0.1) is 0 Å². The van der Waals surface area contributed by atoms with E-state index in [0.29, 0.717) is 0 Å². The smallest absolute Gasteiger partial charge is 0.167 e. The fraction of sp³-hybridized carbons (Fsp3) is 0. The molecule has 0 radical (unpaired) electrons. The van der Waals surface area contributed by atoms with E-state index in [1.54, 1.807) is 0 Å². The largest absolute Gasteiger partial charge is 0.399 e. The molecule has 3 heteroatoms. The zero-order valence-electron chi connectivity index (χ0n) is 9.71. The van der Waals surface area contributed by atoms with Crippen molar-refractivity contribution in [2.45, 2.75) is 0 Å². The van der Waals surface area contributed by atoms with Gasteiger partial charge in [-0.2, -0.15) is 0 Å². The van der Waals surface area contributed by atoms with Crippen LogP contribution in [-0.2, 0) is 0 Å². The molecule has 88 valence electrons. The standard InChI is InChI=1S/C15H12N2O/c16-13-8-4-7-12(9-13)14-10-15(18-17-14)11-5-2-1-3-6-11/h1-10H,16H2. The monoisotopic (exact) mass is 236 g/mol. The van der Waals surface area contributed by atoms with Crippen LogP contribution in [0.25, 0.3) is 22.6 Å². The molecular formula is C15H12N2O. The molecule has 1 aromatic heterocycles. The Morgan fingerprint density at radius 2 is 1.61 bits per heavy atom. The van der Waals surface area contributed by atoms with Crippen LogP contribution in [0.2, 0.25) is 0 Å². The third-order valence-electron chi connectivity index (χ3n) is 2.75. The molecule has 3 rings (SSSR count). The molecule has 0 amide bonds. The molecule has 0 aliphatic rings. The Labute approximate surface area is 105 Å². The Bertz CT molecular complexity index is 659. The molecule has 2 N–H and O–H groups in total. The van der Waals surface area contributed by atoms with E-state index in [1.807, 2.05) is 60.7 Å². The fourth-order valence-electron chi connectivity index (χ4n) is 1.85. The van der Waals surface area contributed by atoms with E-state index < -0.39 is 0 Å². The van der Waals surface area contributed by atoms with Crippen LogP contribution in [0.4, 0.5) is 5.69 Å². The first-order chi connectivity index (χ1) is 8.83. The molecule has 0 fully saturated rings. The summed E-state index contributed by atoms with van der Waals surface area (Å²) in [5, 5.41) is 4.07. The van der Waals surface area contributed by atoms with Gasteiger partial charge in [-0.05, 0) is 12.1 Å². The van der Waals surface area contributed by atoms with Crippen LogP contribution in [0.15, 0.2) is 65.2 Å². The number of nitrogens with two attached hydrogens (primary N) is 1. The zero-order valence-corrected chi connectivity index (χ0v) is 9.71. The summed E-state index contributed by atoms with van der Waals surface area (Å²) in [6, 6.07) is 19.4. The van der Waals surface area contributed by atoms with E-state index in [0.717, 1.165) is 28.3 Å². The molecule has 0 unspecified atom stereocenters. The Hall–Kier alpha value is -2.55. The van der Waals surface area contributed by atoms with Gasteiger partial charge in [0.2, 0.25) is 0 Å². The molecule has 0 aliphatic heterocycles. The summed E-state index contributed by atoms with van der Waals surface area (Å²) in [6.45, 7) is 0. The van der Waals surface area contributed by atoms with Crippen molar-refractivity contribution in [3.05, 3.63) is 60.7 Å². The maximum absolute atomic E-state index is 5.76. The lowest BCUT2D eigenvalue weighted by atomic mass is 10.1. The summed E-state index contributed by atoms with van der Waals surface area (Å²) >= 11 is 0. The minimum absolute atomic E-state index is 0.719. The fourth-order valence-corrected chi connectivity index (χ4v) is 1.85. The van der Waals surface area contributed by atoms with Crippen LogP contribution >= 0.6 is 0 Å². The summed E-state index contributed by atoms with van der Waals surface area (Å²) in [5.41, 5.74) is 9.24. The highest BCUT2D eigenvalue weighted by molar-refractivity contribution is 5.68. The Balaban J connectivity index is 2.00. The van der Waals surface area contributed by atoms with Crippen molar-refractivity contribution in [1.82, 2.24) is 5.16 Å². The summed E-state index contributed by atoms with van der Waals surface area (Å²) in [5.74, 6) is 0.757. The van der Waals surface area contributed by atoms with Gasteiger partial charge in [-0.3, -0.25) is 0 Å². The number of anilines is 1. The molecule has 18 heavy (non-hydrogen) atoms. The Morgan fingerprint density at radius 3 is 2.39 bits per heavy atom. The third-order valence-corrected chi connectivity index (χ3v) is 2.75. The van der Waals surface area contributed by atoms with E-state index in [-0.39, 0.29) is 0 Å². The summed E-state index contributed by atoms with van der Waals surface area (Å²) in [6.07, 6.45) is 0. The van der Waals surface area contributed by atoms with E-state index >= 15 is 0 Å². The minimum Gasteiger partial charge on any atom is -0.399 e. The highest BCUT2D eigenvalue weighted by Gasteiger charge is 2.08. The van der Waals surface area contributed by atoms with Crippen LogP contribution < -0.4 is 5.73 Å². The maximum atomic E-state index is 5.76. The molecule has 0 spiro atoms. The van der Waals surface area contributed by atoms with Crippen LogP contribution in [0.3, 0.4) is 0 Å². The van der Waals surface area contributed by atoms with Crippen LogP contribution in [-0.4, -0.2) is 5.16 Å². The minimum atomic E-state index is 0.719. The predicted molar refractivity (Wildman–Crippen MR) is 71.8 cm³/mol. The molecule has 2 aromatic carbocycles. The van der Waals surface area contributed by atoms with E-state index in [9.17, 15) is 0 Å². The van der Waals surface area contributed by atoms with Crippen molar-refractivity contribution in [2.75, 3.05) is 5.73 Å². The van der Waals surface area contributed by atoms with Gasteiger partial charge in [-0.1, -0.05) is 47.6 Å². The molecule has 3 aromatic rings. The molecule has 0 saturated carbocycles. The quantitative estimate of drug-likeness (QED) is 0.692. The number of aromatic nitrogens is 1. The third kappa shape index (κ3) is 1.98. The van der Waals surface area contributed by atoms with Gasteiger partial charge >= 0.3 is 0 Å². The molecule has 3 nitrogen and oxygen atoms in total. The highest BCUT2D eigenvalue weighted by atomic mass is 16.5. The summed E-state index contributed by atoms with van der Waals surface area (Å²) in [4.78, 5) is 0. The van der Waals surface area contributed by atoms with Crippen molar-refractivity contribution in [3.8, 4) is 22.6 Å². The normalized spacial score (nSPS) is 10.4. The summed E-state index contributed by atoms with van der Waals surface area (Å²) < 4.78 is 5.35. The first-order valence-corrected chi connectivity index (χ1v) is 5.71. The number of hydrogen-bond donors (Lipinski definition) is 1. The van der Waals surface area contributed by atoms with Crippen molar-refractivity contribution in [3.63, 3.8) is 0 Å². The zero-order chi connectivity index (χ0) is 12.4. The predicted octanol–water partition coefficient (Wildman–Crippen LogP) is 3.59. The van der Waals surface area contributed by atoms with Crippen molar-refractivity contribution in [2.24, 2.45) is 0 Å².